The molecule has 2 rings (SSSR count). The molecule has 2 amide bonds. The summed E-state index contributed by atoms with van der Waals surface area (Å²) >= 11 is 0. The number of nitrogens with zero attached hydrogens (tertiary/aromatic N) is 1. The summed E-state index contributed by atoms with van der Waals surface area (Å²) in [6, 6.07) is 0. The number of carbonyl (C=O) groups excluding carboxylic acids is 2. The number of imide groups is 1. The van der Waals surface area contributed by atoms with E-state index in [0.29, 0.717) is 6.42 Å². The molecule has 1 saturated heterocycles. The predicted molar refractivity (Wildman–Crippen MR) is 46.6 cm³/mol. The number of carboxylic acids is 1. The number of β-amino-alcohol motifs (C(OH)–C–C–N with tert-alkyl or cyclic N) is 1. The van der Waals surface area contributed by atoms with E-state index in [4.69, 9.17) is 5.11 Å². The van der Waals surface area contributed by atoms with Gasteiger partial charge < -0.3 is 10.2 Å². The second-order valence-electron chi connectivity index (χ2n) is 4.29. The molecule has 1 aliphatic carbocycles. The summed E-state index contributed by atoms with van der Waals surface area (Å²) in [5.41, 5.74) is -2.07. The number of aliphatic hydroxyl groups is 1. The summed E-state index contributed by atoms with van der Waals surface area (Å²) in [5.74, 6) is -2.68. The van der Waals surface area contributed by atoms with E-state index < -0.39 is 18.1 Å². The Hall–Kier alpha value is -1.43. The van der Waals surface area contributed by atoms with Gasteiger partial charge in [-0.25, -0.2) is 4.79 Å². The van der Waals surface area contributed by atoms with Crippen molar-refractivity contribution in [3.8, 4) is 0 Å². The van der Waals surface area contributed by atoms with Gasteiger partial charge in [0.05, 0.1) is 18.4 Å². The van der Waals surface area contributed by atoms with E-state index in [0.717, 1.165) is 11.8 Å². The standard InChI is InChI=1S/C9H11NO5/c1-9(15,8(13)14)3-10-6(11)4-2-5(4)7(10)12/h4-5,15H,2-3H2,1H3,(H,13,14). The summed E-state index contributed by atoms with van der Waals surface area (Å²) in [4.78, 5) is 34.4. The van der Waals surface area contributed by atoms with Crippen molar-refractivity contribution in [2.45, 2.75) is 18.9 Å². The lowest BCUT2D eigenvalue weighted by Gasteiger charge is -2.24. The fourth-order valence-corrected chi connectivity index (χ4v) is 1.78. The van der Waals surface area contributed by atoms with Crippen LogP contribution in [0.15, 0.2) is 0 Å². The number of amides is 2. The molecule has 2 fully saturated rings. The van der Waals surface area contributed by atoms with Crippen LogP contribution in [0.2, 0.25) is 0 Å². The fraction of sp³-hybridized carbons (Fsp3) is 0.667. The normalized spacial score (nSPS) is 32.5. The highest BCUT2D eigenvalue weighted by molar-refractivity contribution is 6.09. The van der Waals surface area contributed by atoms with Crippen LogP contribution in [0, 0.1) is 11.8 Å². The van der Waals surface area contributed by atoms with Crippen molar-refractivity contribution in [3.05, 3.63) is 0 Å². The highest BCUT2D eigenvalue weighted by atomic mass is 16.4. The summed E-state index contributed by atoms with van der Waals surface area (Å²) < 4.78 is 0. The molecule has 0 aromatic carbocycles. The van der Waals surface area contributed by atoms with Crippen molar-refractivity contribution in [1.29, 1.82) is 0 Å². The molecular formula is C9H11NO5. The van der Waals surface area contributed by atoms with Crippen LogP contribution in [-0.2, 0) is 14.4 Å². The van der Waals surface area contributed by atoms with Gasteiger partial charge in [-0.05, 0) is 13.3 Å². The molecular weight excluding hydrogens is 202 g/mol. The first-order valence-electron chi connectivity index (χ1n) is 4.65. The molecule has 1 heterocycles. The molecule has 0 aromatic heterocycles. The van der Waals surface area contributed by atoms with Gasteiger partial charge in [0.25, 0.3) is 0 Å². The van der Waals surface area contributed by atoms with E-state index >= 15 is 0 Å². The Bertz CT molecular complexity index is 342. The van der Waals surface area contributed by atoms with Gasteiger partial charge in [0, 0.05) is 0 Å². The van der Waals surface area contributed by atoms with Gasteiger partial charge >= 0.3 is 5.97 Å². The van der Waals surface area contributed by atoms with E-state index in [1.165, 1.54) is 0 Å². The van der Waals surface area contributed by atoms with Gasteiger partial charge in [-0.2, -0.15) is 0 Å². The molecule has 6 heteroatoms. The molecule has 82 valence electrons. The van der Waals surface area contributed by atoms with Crippen LogP contribution in [0.4, 0.5) is 0 Å². The maximum Gasteiger partial charge on any atom is 0.337 e. The number of hydrogen-bond acceptors (Lipinski definition) is 4. The highest BCUT2D eigenvalue weighted by Gasteiger charge is 2.59. The molecule has 3 atom stereocenters. The molecule has 2 aliphatic rings. The SMILES string of the molecule is CC(O)(CN1C(=O)C2CC2C1=O)C(=O)O. The summed E-state index contributed by atoms with van der Waals surface area (Å²) in [6.45, 7) is 0.604. The Labute approximate surface area is 85.5 Å². The van der Waals surface area contributed by atoms with Gasteiger partial charge in [-0.15, -0.1) is 0 Å². The maximum absolute atomic E-state index is 11.5. The first kappa shape index (κ1) is 10.1. The van der Waals surface area contributed by atoms with Crippen LogP contribution in [0.1, 0.15) is 13.3 Å². The minimum atomic E-state index is -2.07. The largest absolute Gasteiger partial charge is 0.479 e. The van der Waals surface area contributed by atoms with Crippen LogP contribution in [0.3, 0.4) is 0 Å². The summed E-state index contributed by atoms with van der Waals surface area (Å²) in [7, 11) is 0. The Balaban J connectivity index is 2.10. The van der Waals surface area contributed by atoms with Crippen LogP contribution in [-0.4, -0.2) is 45.0 Å². The number of fused-ring (bicyclic) bond motifs is 1. The summed E-state index contributed by atoms with van der Waals surface area (Å²) in [5, 5.41) is 18.1. The van der Waals surface area contributed by atoms with Crippen molar-refractivity contribution >= 4 is 17.8 Å². The smallest absolute Gasteiger partial charge is 0.337 e. The molecule has 0 radical (unpaired) electrons. The van der Waals surface area contributed by atoms with E-state index in [1.807, 2.05) is 0 Å². The minimum Gasteiger partial charge on any atom is -0.479 e. The molecule has 0 aromatic rings. The maximum atomic E-state index is 11.5. The lowest BCUT2D eigenvalue weighted by molar-refractivity contribution is -0.161. The second-order valence-corrected chi connectivity index (χ2v) is 4.29. The Morgan fingerprint density at radius 2 is 1.93 bits per heavy atom. The van der Waals surface area contributed by atoms with Crippen LogP contribution < -0.4 is 0 Å². The molecule has 0 spiro atoms. The van der Waals surface area contributed by atoms with E-state index in [1.54, 1.807) is 0 Å². The topological polar surface area (TPSA) is 94.9 Å². The Morgan fingerprint density at radius 1 is 1.47 bits per heavy atom. The molecule has 1 saturated carbocycles. The zero-order chi connectivity index (χ0) is 11.4. The molecule has 1 aliphatic heterocycles. The van der Waals surface area contributed by atoms with E-state index in [9.17, 15) is 19.5 Å². The van der Waals surface area contributed by atoms with Crippen molar-refractivity contribution in [3.63, 3.8) is 0 Å². The molecule has 15 heavy (non-hydrogen) atoms. The van der Waals surface area contributed by atoms with E-state index in [2.05, 4.69) is 0 Å². The number of rotatable bonds is 3. The number of carbonyl (C=O) groups is 3. The van der Waals surface area contributed by atoms with Crippen LogP contribution >= 0.6 is 0 Å². The zero-order valence-corrected chi connectivity index (χ0v) is 8.14. The van der Waals surface area contributed by atoms with Gasteiger partial charge in [0.1, 0.15) is 0 Å². The van der Waals surface area contributed by atoms with Crippen molar-refractivity contribution < 1.29 is 24.6 Å². The number of carboxylic acid groups (broad SMARTS) is 1. The highest BCUT2D eigenvalue weighted by Crippen LogP contribution is 2.47. The third-order valence-electron chi connectivity index (χ3n) is 2.88. The van der Waals surface area contributed by atoms with Gasteiger partial charge in [0.15, 0.2) is 5.60 Å². The lowest BCUT2D eigenvalue weighted by Crippen LogP contribution is -2.49. The number of aliphatic carboxylic acids is 1. The molecule has 0 bridgehead atoms. The number of piperidine rings is 1. The minimum absolute atomic E-state index is 0.262. The Kier molecular flexibility index (Phi) is 1.88. The van der Waals surface area contributed by atoms with Gasteiger partial charge in [-0.3, -0.25) is 14.5 Å². The zero-order valence-electron chi connectivity index (χ0n) is 8.14. The second kappa shape index (κ2) is 2.79. The Morgan fingerprint density at radius 3 is 2.33 bits per heavy atom. The first-order chi connectivity index (χ1) is 6.84. The number of hydrogen-bond donors (Lipinski definition) is 2. The molecule has 6 nitrogen and oxygen atoms in total. The van der Waals surface area contributed by atoms with Crippen molar-refractivity contribution in [1.82, 2.24) is 4.90 Å². The average Bonchev–Trinajstić information content (AvgIpc) is 2.86. The monoisotopic (exact) mass is 213 g/mol. The fourth-order valence-electron chi connectivity index (χ4n) is 1.78. The van der Waals surface area contributed by atoms with Crippen LogP contribution in [0.25, 0.3) is 0 Å². The summed E-state index contributed by atoms with van der Waals surface area (Å²) in [6.07, 6.45) is 0.573. The average molecular weight is 213 g/mol. The van der Waals surface area contributed by atoms with Gasteiger partial charge in [0.2, 0.25) is 11.8 Å². The van der Waals surface area contributed by atoms with E-state index in [-0.39, 0.29) is 23.7 Å². The van der Waals surface area contributed by atoms with Crippen LogP contribution in [0.5, 0.6) is 0 Å². The van der Waals surface area contributed by atoms with Crippen molar-refractivity contribution in [2.24, 2.45) is 11.8 Å². The van der Waals surface area contributed by atoms with Crippen molar-refractivity contribution in [2.75, 3.05) is 6.54 Å². The predicted octanol–water partition coefficient (Wildman–Crippen LogP) is -1.17. The van der Waals surface area contributed by atoms with Gasteiger partial charge in [-0.1, -0.05) is 0 Å². The first-order valence-corrected chi connectivity index (χ1v) is 4.65. The quantitative estimate of drug-likeness (QED) is 0.576. The lowest BCUT2D eigenvalue weighted by atomic mass is 10.1. The number of likely N-dealkylation sites (tertiary alicyclic amines) is 1. The third kappa shape index (κ3) is 1.41. The third-order valence-corrected chi connectivity index (χ3v) is 2.88. The molecule has 3 unspecified atom stereocenters. The molecule has 2 N–H and O–H groups in total.